The quantitative estimate of drug-likeness (QED) is 0.769. The summed E-state index contributed by atoms with van der Waals surface area (Å²) in [5, 5.41) is -0.651. The minimum Gasteiger partial charge on any atom is -0.270 e. The molecule has 0 bridgehead atoms. The third-order valence-corrected chi connectivity index (χ3v) is 3.07. The van der Waals surface area contributed by atoms with E-state index in [4.69, 9.17) is 0 Å². The number of para-hydroxylation sites is 2. The van der Waals surface area contributed by atoms with E-state index in [1.165, 1.54) is 12.1 Å². The standard InChI is InChI=1S/C12H6F8N2O/c13-9(14)11(17,18)12(19,20)10(15,16)7-8(23)22-6-4-2-1-3-5(6)21-7/h1-4,7,9H. The highest BCUT2D eigenvalue weighted by Gasteiger charge is 2.78. The van der Waals surface area contributed by atoms with Crippen molar-refractivity contribution in [3.63, 3.8) is 0 Å². The maximum absolute atomic E-state index is 13.7. The molecule has 126 valence electrons. The maximum Gasteiger partial charge on any atom is 0.380 e. The van der Waals surface area contributed by atoms with Gasteiger partial charge in [-0.2, -0.15) is 26.3 Å². The molecule has 2 rings (SSSR count). The molecule has 0 N–H and O–H groups in total. The Hall–Kier alpha value is -2.07. The van der Waals surface area contributed by atoms with Gasteiger partial charge < -0.3 is 0 Å². The molecule has 0 aliphatic carbocycles. The van der Waals surface area contributed by atoms with E-state index in [9.17, 15) is 39.9 Å². The molecule has 23 heavy (non-hydrogen) atoms. The van der Waals surface area contributed by atoms with Gasteiger partial charge in [0.2, 0.25) is 6.04 Å². The second kappa shape index (κ2) is 5.24. The lowest BCUT2D eigenvalue weighted by Crippen LogP contribution is -2.63. The number of carbonyl (C=O) groups excluding carboxylic acids is 1. The minimum atomic E-state index is -6.51. The summed E-state index contributed by atoms with van der Waals surface area (Å²) in [5.74, 6) is -20.7. The minimum absolute atomic E-state index is 0.228. The van der Waals surface area contributed by atoms with Crippen molar-refractivity contribution in [3.05, 3.63) is 35.0 Å². The first kappa shape index (κ1) is 17.3. The molecule has 1 amide bonds. The van der Waals surface area contributed by atoms with Gasteiger partial charge in [-0.15, -0.1) is 0 Å². The number of hydrogen-bond acceptors (Lipinski definition) is 2. The van der Waals surface area contributed by atoms with Gasteiger partial charge in [0.1, 0.15) is 0 Å². The molecule has 3 nitrogen and oxygen atoms in total. The van der Waals surface area contributed by atoms with Crippen molar-refractivity contribution in [1.29, 1.82) is 0 Å². The second-order valence-corrected chi connectivity index (χ2v) is 4.59. The van der Waals surface area contributed by atoms with Crippen LogP contribution in [0.25, 0.3) is 0 Å². The zero-order valence-corrected chi connectivity index (χ0v) is 10.8. The lowest BCUT2D eigenvalue weighted by molar-refractivity contribution is -0.340. The van der Waals surface area contributed by atoms with Crippen LogP contribution in [0.4, 0.5) is 35.1 Å². The van der Waals surface area contributed by atoms with Crippen LogP contribution < -0.4 is 10.7 Å². The fourth-order valence-corrected chi connectivity index (χ4v) is 1.81. The number of fused-ring (bicyclic) bond motifs is 1. The summed E-state index contributed by atoms with van der Waals surface area (Å²) < 4.78 is 104. The van der Waals surface area contributed by atoms with E-state index in [2.05, 4.69) is 9.98 Å². The van der Waals surface area contributed by atoms with Crippen LogP contribution in [0.3, 0.4) is 0 Å². The summed E-state index contributed by atoms with van der Waals surface area (Å²) >= 11 is 0. The van der Waals surface area contributed by atoms with Crippen molar-refractivity contribution in [2.45, 2.75) is 30.2 Å². The average molecular weight is 346 g/mol. The number of alkyl halides is 8. The molecule has 0 aromatic heterocycles. The lowest BCUT2D eigenvalue weighted by Gasteiger charge is -2.34. The molecule has 1 aliphatic heterocycles. The Morgan fingerprint density at radius 1 is 0.957 bits per heavy atom. The Morgan fingerprint density at radius 3 is 2.00 bits per heavy atom. The van der Waals surface area contributed by atoms with Gasteiger partial charge in [0.05, 0.1) is 10.7 Å². The van der Waals surface area contributed by atoms with Gasteiger partial charge in [-0.1, -0.05) is 12.1 Å². The molecule has 0 spiro atoms. The Labute approximate surface area is 122 Å². The normalized spacial score (nSPS) is 19.2. The molecule has 1 aromatic rings. The smallest absolute Gasteiger partial charge is 0.270 e. The number of nitrogens with zero attached hydrogens (tertiary/aromatic N) is 2. The van der Waals surface area contributed by atoms with Crippen molar-refractivity contribution in [1.82, 2.24) is 0 Å². The van der Waals surface area contributed by atoms with E-state index in [0.717, 1.165) is 12.1 Å². The first-order chi connectivity index (χ1) is 10.4. The molecule has 1 atom stereocenters. The van der Waals surface area contributed by atoms with E-state index >= 15 is 0 Å². The predicted molar refractivity (Wildman–Crippen MR) is 58.4 cm³/mol. The first-order valence-electron chi connectivity index (χ1n) is 5.90. The third-order valence-electron chi connectivity index (χ3n) is 3.07. The molecule has 0 saturated carbocycles. The summed E-state index contributed by atoms with van der Waals surface area (Å²) in [6.07, 6.45) is -5.06. The average Bonchev–Trinajstić information content (AvgIpc) is 2.45. The number of hydrogen-bond donors (Lipinski definition) is 0. The molecule has 1 unspecified atom stereocenters. The van der Waals surface area contributed by atoms with Crippen LogP contribution in [0.1, 0.15) is 0 Å². The van der Waals surface area contributed by atoms with Crippen molar-refractivity contribution in [2.24, 2.45) is 9.98 Å². The summed E-state index contributed by atoms with van der Waals surface area (Å²) in [4.78, 5) is 17.5. The molecule has 1 heterocycles. The molecule has 0 saturated heterocycles. The Balaban J connectivity index is 2.56. The van der Waals surface area contributed by atoms with Crippen molar-refractivity contribution in [2.75, 3.05) is 0 Å². The van der Waals surface area contributed by atoms with E-state index in [1.807, 2.05) is 0 Å². The van der Waals surface area contributed by atoms with Crippen LogP contribution >= 0.6 is 0 Å². The summed E-state index contributed by atoms with van der Waals surface area (Å²) in [5.41, 5.74) is 0. The Bertz CT molecular complexity index is 746. The molecular formula is C12H6F8N2O. The lowest BCUT2D eigenvalue weighted by atomic mass is 9.97. The zero-order valence-electron chi connectivity index (χ0n) is 10.8. The van der Waals surface area contributed by atoms with Gasteiger partial charge in [-0.25, -0.2) is 13.8 Å². The highest BCUT2D eigenvalue weighted by Crippen LogP contribution is 2.50. The Kier molecular flexibility index (Phi) is 3.94. The van der Waals surface area contributed by atoms with E-state index in [0.29, 0.717) is 0 Å². The number of amides is 1. The van der Waals surface area contributed by atoms with Gasteiger partial charge in [0.15, 0.2) is 0 Å². The third kappa shape index (κ3) is 2.47. The topological polar surface area (TPSA) is 41.8 Å². The molecule has 1 aliphatic rings. The first-order valence-corrected chi connectivity index (χ1v) is 5.90. The summed E-state index contributed by atoms with van der Waals surface area (Å²) in [6, 6.07) is 1.42. The molecule has 0 radical (unpaired) electrons. The Morgan fingerprint density at radius 2 is 1.48 bits per heavy atom. The predicted octanol–water partition coefficient (Wildman–Crippen LogP) is 2.01. The number of halogens is 8. The molecule has 0 fully saturated rings. The monoisotopic (exact) mass is 346 g/mol. The largest absolute Gasteiger partial charge is 0.380 e. The number of benzene rings is 1. The van der Waals surface area contributed by atoms with Crippen LogP contribution in [-0.2, 0) is 4.79 Å². The van der Waals surface area contributed by atoms with Gasteiger partial charge in [-0.3, -0.25) is 9.79 Å². The fourth-order valence-electron chi connectivity index (χ4n) is 1.81. The van der Waals surface area contributed by atoms with Crippen molar-refractivity contribution < 1.29 is 39.9 Å². The maximum atomic E-state index is 13.7. The van der Waals surface area contributed by atoms with Gasteiger partial charge in [-0.05, 0) is 12.1 Å². The molecular weight excluding hydrogens is 340 g/mol. The van der Waals surface area contributed by atoms with E-state index in [-0.39, 0.29) is 5.36 Å². The van der Waals surface area contributed by atoms with Gasteiger partial charge >= 0.3 is 24.2 Å². The van der Waals surface area contributed by atoms with Gasteiger partial charge in [0, 0.05) is 0 Å². The van der Waals surface area contributed by atoms with Gasteiger partial charge in [0.25, 0.3) is 5.91 Å². The fraction of sp³-hybridized carbons (Fsp3) is 0.417. The second-order valence-electron chi connectivity index (χ2n) is 4.59. The SMILES string of the molecule is O=C1N=c2ccccc2=NC1C(F)(F)C(F)(F)C(F)(F)C(F)F. The van der Waals surface area contributed by atoms with E-state index < -0.39 is 41.5 Å². The summed E-state index contributed by atoms with van der Waals surface area (Å²) in [7, 11) is 0. The number of carbonyl (C=O) groups is 1. The van der Waals surface area contributed by atoms with Crippen LogP contribution in [0.5, 0.6) is 0 Å². The van der Waals surface area contributed by atoms with Crippen LogP contribution in [0.15, 0.2) is 34.3 Å². The van der Waals surface area contributed by atoms with Crippen LogP contribution in [0, 0.1) is 0 Å². The van der Waals surface area contributed by atoms with Crippen molar-refractivity contribution >= 4 is 5.91 Å². The van der Waals surface area contributed by atoms with Crippen molar-refractivity contribution in [3.8, 4) is 0 Å². The molecule has 1 aromatic carbocycles. The summed E-state index contributed by atoms with van der Waals surface area (Å²) in [6.45, 7) is 0. The highest BCUT2D eigenvalue weighted by molar-refractivity contribution is 5.84. The van der Waals surface area contributed by atoms with E-state index in [1.54, 1.807) is 0 Å². The highest BCUT2D eigenvalue weighted by atomic mass is 19.4. The molecule has 11 heteroatoms. The van der Waals surface area contributed by atoms with Crippen LogP contribution in [0.2, 0.25) is 0 Å². The van der Waals surface area contributed by atoms with Crippen LogP contribution in [-0.4, -0.2) is 36.1 Å². The zero-order chi connectivity index (χ0) is 17.6. The number of rotatable bonds is 4.